The molecule has 1 saturated heterocycles. The van der Waals surface area contributed by atoms with Crippen LogP contribution in [0, 0.1) is 10.1 Å². The number of rotatable bonds is 6. The van der Waals surface area contributed by atoms with E-state index < -0.39 is 22.8 Å². The third kappa shape index (κ3) is 5.39. The van der Waals surface area contributed by atoms with Crippen molar-refractivity contribution in [1.29, 1.82) is 0 Å². The smallest absolute Gasteiger partial charge is 0.335 e. The first-order valence-electron chi connectivity index (χ1n) is 10.1. The second kappa shape index (κ2) is 10.1. The number of anilines is 1. The fraction of sp³-hybridized carbons (Fsp3) is 0.0417. The molecule has 3 aromatic rings. The minimum Gasteiger partial charge on any atom is -0.488 e. The van der Waals surface area contributed by atoms with Gasteiger partial charge >= 0.3 is 6.03 Å². The van der Waals surface area contributed by atoms with Crippen molar-refractivity contribution >= 4 is 62.8 Å². The summed E-state index contributed by atoms with van der Waals surface area (Å²) < 4.78 is 6.58. The maximum absolute atomic E-state index is 13.2. The number of amides is 4. The molecule has 0 saturated carbocycles. The van der Waals surface area contributed by atoms with Crippen molar-refractivity contribution in [3.63, 3.8) is 0 Å². The zero-order valence-corrected chi connectivity index (χ0v) is 20.1. The lowest BCUT2D eigenvalue weighted by atomic mass is 10.1. The summed E-state index contributed by atoms with van der Waals surface area (Å²) in [5.74, 6) is -1.35. The molecule has 9 nitrogen and oxygen atoms in total. The number of carbonyl (C=O) groups excluding carboxylic acids is 3. The second-order valence-electron chi connectivity index (χ2n) is 7.33. The van der Waals surface area contributed by atoms with Crippen molar-refractivity contribution < 1.29 is 24.0 Å². The molecular weight excluding hydrogens is 542 g/mol. The van der Waals surface area contributed by atoms with Gasteiger partial charge in [0.1, 0.15) is 17.9 Å². The van der Waals surface area contributed by atoms with E-state index in [1.165, 1.54) is 18.2 Å². The van der Waals surface area contributed by atoms with E-state index in [9.17, 15) is 24.5 Å². The summed E-state index contributed by atoms with van der Waals surface area (Å²) in [6.45, 7) is 0.211. The van der Waals surface area contributed by atoms with Crippen molar-refractivity contribution in [3.05, 3.63) is 103 Å². The van der Waals surface area contributed by atoms with Crippen LogP contribution >= 0.6 is 27.5 Å². The first kappa shape index (κ1) is 24.1. The molecule has 1 N–H and O–H groups in total. The van der Waals surface area contributed by atoms with Gasteiger partial charge in [0.2, 0.25) is 0 Å². The fourth-order valence-corrected chi connectivity index (χ4v) is 3.78. The van der Waals surface area contributed by atoms with Crippen molar-refractivity contribution in [3.8, 4) is 5.75 Å². The van der Waals surface area contributed by atoms with Crippen LogP contribution in [0.5, 0.6) is 5.75 Å². The zero-order valence-electron chi connectivity index (χ0n) is 17.7. The number of ether oxygens (including phenoxy) is 1. The highest BCUT2D eigenvalue weighted by Crippen LogP contribution is 2.29. The third-order valence-corrected chi connectivity index (χ3v) is 5.74. The number of urea groups is 1. The molecule has 0 aromatic heterocycles. The molecule has 0 spiro atoms. The highest BCUT2D eigenvalue weighted by Gasteiger charge is 2.37. The Kier molecular flexibility index (Phi) is 6.94. The maximum Gasteiger partial charge on any atom is 0.335 e. The van der Waals surface area contributed by atoms with Crippen LogP contribution in [0.1, 0.15) is 11.1 Å². The molecule has 0 aliphatic carbocycles. The number of benzene rings is 3. The maximum atomic E-state index is 13.2. The Morgan fingerprint density at radius 2 is 1.71 bits per heavy atom. The van der Waals surface area contributed by atoms with Crippen LogP contribution in [0.2, 0.25) is 5.02 Å². The fourth-order valence-electron chi connectivity index (χ4n) is 3.28. The largest absolute Gasteiger partial charge is 0.488 e. The second-order valence-corrected chi connectivity index (χ2v) is 8.68. The minimum atomic E-state index is -0.959. The summed E-state index contributed by atoms with van der Waals surface area (Å²) in [6.07, 6.45) is 1.32. The number of hydrogen-bond donors (Lipinski definition) is 1. The molecule has 4 rings (SSSR count). The molecule has 1 heterocycles. The van der Waals surface area contributed by atoms with Gasteiger partial charge in [0.25, 0.3) is 17.5 Å². The summed E-state index contributed by atoms with van der Waals surface area (Å²) in [6, 6.07) is 16.0. The summed E-state index contributed by atoms with van der Waals surface area (Å²) >= 11 is 9.28. The molecule has 4 amide bonds. The molecule has 35 heavy (non-hydrogen) atoms. The lowest BCUT2D eigenvalue weighted by Crippen LogP contribution is -2.54. The molecule has 1 aliphatic heterocycles. The molecular formula is C24H15BrClN3O6. The molecule has 176 valence electrons. The molecule has 3 aromatic carbocycles. The Hall–Kier alpha value is -4.02. The minimum absolute atomic E-state index is 0.0740. The van der Waals surface area contributed by atoms with Gasteiger partial charge in [0.05, 0.1) is 10.6 Å². The average Bonchev–Trinajstić information content (AvgIpc) is 2.82. The van der Waals surface area contributed by atoms with Crippen molar-refractivity contribution in [2.45, 2.75) is 6.61 Å². The standard InChI is InChI=1S/C24H15BrClN3O6/c25-16-3-10-21(35-13-14-1-4-17(26)5-2-14)15(11-16)12-20-22(30)27-24(32)28(23(20)31)18-6-8-19(9-7-18)29(33)34/h1-12H,13H2,(H,27,30,32)/b20-12+. The van der Waals surface area contributed by atoms with E-state index in [1.54, 1.807) is 30.3 Å². The van der Waals surface area contributed by atoms with Gasteiger partial charge in [-0.25, -0.2) is 9.69 Å². The number of imide groups is 2. The van der Waals surface area contributed by atoms with E-state index in [0.717, 1.165) is 22.6 Å². The number of carbonyl (C=O) groups is 3. The monoisotopic (exact) mass is 555 g/mol. The van der Waals surface area contributed by atoms with Crippen LogP contribution in [0.3, 0.4) is 0 Å². The van der Waals surface area contributed by atoms with Gasteiger partial charge < -0.3 is 4.74 Å². The van der Waals surface area contributed by atoms with Crippen LogP contribution in [-0.2, 0) is 16.2 Å². The molecule has 0 bridgehead atoms. The number of nitrogens with one attached hydrogen (secondary N) is 1. The third-order valence-electron chi connectivity index (χ3n) is 5.00. The van der Waals surface area contributed by atoms with Gasteiger partial charge in [0.15, 0.2) is 0 Å². The Labute approximate surface area is 212 Å². The molecule has 0 unspecified atom stereocenters. The van der Waals surface area contributed by atoms with E-state index in [1.807, 2.05) is 12.1 Å². The highest BCUT2D eigenvalue weighted by atomic mass is 79.9. The van der Waals surface area contributed by atoms with Gasteiger partial charge in [-0.05, 0) is 54.1 Å². The number of hydrogen-bond acceptors (Lipinski definition) is 6. The molecule has 0 atom stereocenters. The number of nitro benzene ring substituents is 1. The van der Waals surface area contributed by atoms with Gasteiger partial charge in [-0.15, -0.1) is 0 Å². The van der Waals surface area contributed by atoms with Crippen LogP contribution in [0.4, 0.5) is 16.2 Å². The Balaban J connectivity index is 1.65. The predicted molar refractivity (Wildman–Crippen MR) is 132 cm³/mol. The van der Waals surface area contributed by atoms with E-state index >= 15 is 0 Å². The number of nitrogens with zero attached hydrogens (tertiary/aromatic N) is 2. The predicted octanol–water partition coefficient (Wildman–Crippen LogP) is 5.26. The van der Waals surface area contributed by atoms with Crippen LogP contribution in [0.15, 0.2) is 76.8 Å². The lowest BCUT2D eigenvalue weighted by molar-refractivity contribution is -0.384. The molecule has 1 aliphatic rings. The van der Waals surface area contributed by atoms with Crippen LogP contribution in [-0.4, -0.2) is 22.8 Å². The molecule has 11 heteroatoms. The summed E-state index contributed by atoms with van der Waals surface area (Å²) in [4.78, 5) is 49.1. The van der Waals surface area contributed by atoms with E-state index in [-0.39, 0.29) is 23.6 Å². The Bertz CT molecular complexity index is 1370. The van der Waals surface area contributed by atoms with E-state index in [0.29, 0.717) is 20.8 Å². The van der Waals surface area contributed by atoms with Gasteiger partial charge in [-0.3, -0.25) is 25.0 Å². The summed E-state index contributed by atoms with van der Waals surface area (Å²) in [5.41, 5.74) is 0.839. The summed E-state index contributed by atoms with van der Waals surface area (Å²) in [5, 5.41) is 13.6. The SMILES string of the molecule is O=C1NC(=O)N(c2ccc([N+](=O)[O-])cc2)C(=O)/C1=C/c1cc(Br)ccc1OCc1ccc(Cl)cc1. The normalized spacial score (nSPS) is 14.7. The van der Waals surface area contributed by atoms with Crippen molar-refractivity contribution in [1.82, 2.24) is 5.32 Å². The Morgan fingerprint density at radius 1 is 1.03 bits per heavy atom. The lowest BCUT2D eigenvalue weighted by Gasteiger charge is -2.26. The average molecular weight is 557 g/mol. The van der Waals surface area contributed by atoms with Gasteiger partial charge in [-0.2, -0.15) is 0 Å². The number of barbiturate groups is 1. The van der Waals surface area contributed by atoms with Gasteiger partial charge in [0, 0.05) is 27.2 Å². The first-order chi connectivity index (χ1) is 16.7. The summed E-state index contributed by atoms with van der Waals surface area (Å²) in [7, 11) is 0. The number of nitro groups is 1. The molecule has 0 radical (unpaired) electrons. The number of non-ortho nitro benzene ring substituents is 1. The highest BCUT2D eigenvalue weighted by molar-refractivity contribution is 9.10. The van der Waals surface area contributed by atoms with E-state index in [4.69, 9.17) is 16.3 Å². The van der Waals surface area contributed by atoms with Crippen LogP contribution in [0.25, 0.3) is 6.08 Å². The van der Waals surface area contributed by atoms with E-state index in [2.05, 4.69) is 21.2 Å². The Morgan fingerprint density at radius 3 is 2.37 bits per heavy atom. The van der Waals surface area contributed by atoms with Crippen molar-refractivity contribution in [2.24, 2.45) is 0 Å². The zero-order chi connectivity index (χ0) is 25.1. The first-order valence-corrected chi connectivity index (χ1v) is 11.2. The van der Waals surface area contributed by atoms with Crippen LogP contribution < -0.4 is 15.0 Å². The van der Waals surface area contributed by atoms with Gasteiger partial charge in [-0.1, -0.05) is 39.7 Å². The number of halogens is 2. The van der Waals surface area contributed by atoms with Crippen molar-refractivity contribution in [2.75, 3.05) is 4.90 Å². The topological polar surface area (TPSA) is 119 Å². The quantitative estimate of drug-likeness (QED) is 0.192. The molecule has 1 fully saturated rings.